The molecule has 0 unspecified atom stereocenters. The summed E-state index contributed by atoms with van der Waals surface area (Å²) < 4.78 is 27.6. The van der Waals surface area contributed by atoms with E-state index >= 15 is 0 Å². The van der Waals surface area contributed by atoms with Gasteiger partial charge in [-0.3, -0.25) is 4.98 Å². The van der Waals surface area contributed by atoms with Gasteiger partial charge in [0, 0.05) is 24.0 Å². The molecule has 2 heterocycles. The molecular weight excluding hydrogens is 364 g/mol. The summed E-state index contributed by atoms with van der Waals surface area (Å²) >= 11 is 0. The van der Waals surface area contributed by atoms with E-state index in [1.165, 1.54) is 12.1 Å². The Bertz CT molecular complexity index is 937. The number of aliphatic hydroxyl groups is 1. The van der Waals surface area contributed by atoms with Crippen LogP contribution in [0, 0.1) is 17.6 Å². The van der Waals surface area contributed by atoms with Gasteiger partial charge in [-0.05, 0) is 30.2 Å². The van der Waals surface area contributed by atoms with Gasteiger partial charge < -0.3 is 15.7 Å². The van der Waals surface area contributed by atoms with E-state index in [2.05, 4.69) is 25.6 Å². The molecule has 0 saturated carbocycles. The molecule has 0 aliphatic carbocycles. The highest BCUT2D eigenvalue weighted by Gasteiger charge is 2.16. The zero-order chi connectivity index (χ0) is 20.1. The Hall–Kier alpha value is -3.13. The van der Waals surface area contributed by atoms with E-state index in [0.717, 1.165) is 11.6 Å². The lowest BCUT2D eigenvalue weighted by molar-refractivity contribution is 0.248. The van der Waals surface area contributed by atoms with Gasteiger partial charge in [-0.15, -0.1) is 0 Å². The summed E-state index contributed by atoms with van der Waals surface area (Å²) in [7, 11) is 0. The first-order valence-electron chi connectivity index (χ1n) is 8.86. The zero-order valence-corrected chi connectivity index (χ0v) is 15.5. The van der Waals surface area contributed by atoms with Crippen LogP contribution < -0.4 is 10.6 Å². The van der Waals surface area contributed by atoms with Crippen molar-refractivity contribution in [3.8, 4) is 11.3 Å². The molecule has 0 aliphatic rings. The lowest BCUT2D eigenvalue weighted by Gasteiger charge is -2.20. The zero-order valence-electron chi connectivity index (χ0n) is 15.5. The highest BCUT2D eigenvalue weighted by Crippen LogP contribution is 2.26. The Morgan fingerprint density at radius 2 is 1.82 bits per heavy atom. The number of aromatic nitrogens is 3. The molecule has 0 spiro atoms. The molecule has 2 aromatic heterocycles. The van der Waals surface area contributed by atoms with Gasteiger partial charge in [-0.2, -0.15) is 4.98 Å². The van der Waals surface area contributed by atoms with Crippen LogP contribution in [0.15, 0.2) is 48.8 Å². The third kappa shape index (κ3) is 4.58. The summed E-state index contributed by atoms with van der Waals surface area (Å²) in [6.07, 6.45) is 3.27. The number of benzene rings is 1. The number of nitrogens with zero attached hydrogens (tertiary/aromatic N) is 3. The number of pyridine rings is 1. The fraction of sp³-hybridized carbons (Fsp3) is 0.250. The maximum absolute atomic E-state index is 14.0. The minimum absolute atomic E-state index is 0.0344. The van der Waals surface area contributed by atoms with E-state index in [-0.39, 0.29) is 36.0 Å². The van der Waals surface area contributed by atoms with Crippen molar-refractivity contribution in [3.05, 3.63) is 60.4 Å². The van der Waals surface area contributed by atoms with Crippen LogP contribution in [0.1, 0.15) is 13.8 Å². The summed E-state index contributed by atoms with van der Waals surface area (Å²) in [4.78, 5) is 12.8. The second-order valence-corrected chi connectivity index (χ2v) is 6.60. The smallest absolute Gasteiger partial charge is 0.225 e. The predicted molar refractivity (Wildman–Crippen MR) is 104 cm³/mol. The normalized spacial score (nSPS) is 12.1. The molecule has 0 bridgehead atoms. The summed E-state index contributed by atoms with van der Waals surface area (Å²) in [6.45, 7) is 3.82. The molecule has 0 saturated heterocycles. The van der Waals surface area contributed by atoms with Gasteiger partial charge in [0.2, 0.25) is 5.95 Å². The van der Waals surface area contributed by atoms with E-state index in [4.69, 9.17) is 0 Å². The average Bonchev–Trinajstić information content (AvgIpc) is 2.70. The van der Waals surface area contributed by atoms with E-state index in [1.54, 1.807) is 30.6 Å². The first-order chi connectivity index (χ1) is 13.5. The Morgan fingerprint density at radius 1 is 1.07 bits per heavy atom. The fourth-order valence-corrected chi connectivity index (χ4v) is 2.57. The van der Waals surface area contributed by atoms with E-state index in [9.17, 15) is 13.9 Å². The highest BCUT2D eigenvalue weighted by molar-refractivity contribution is 5.67. The largest absolute Gasteiger partial charge is 0.394 e. The van der Waals surface area contributed by atoms with Crippen molar-refractivity contribution < 1.29 is 13.9 Å². The molecule has 1 aromatic carbocycles. The fourth-order valence-electron chi connectivity index (χ4n) is 2.57. The molecule has 0 radical (unpaired) electrons. The second-order valence-electron chi connectivity index (χ2n) is 6.60. The lowest BCUT2D eigenvalue weighted by Crippen LogP contribution is -2.30. The van der Waals surface area contributed by atoms with Crippen LogP contribution in [0.25, 0.3) is 11.3 Å². The molecule has 1 atom stereocenters. The topological polar surface area (TPSA) is 83.0 Å². The van der Waals surface area contributed by atoms with Crippen LogP contribution in [0.4, 0.5) is 26.2 Å². The van der Waals surface area contributed by atoms with Crippen molar-refractivity contribution in [1.82, 2.24) is 15.0 Å². The third-order valence-electron chi connectivity index (χ3n) is 4.23. The van der Waals surface area contributed by atoms with Crippen LogP contribution in [0.2, 0.25) is 0 Å². The first kappa shape index (κ1) is 19.6. The third-order valence-corrected chi connectivity index (χ3v) is 4.23. The van der Waals surface area contributed by atoms with Crippen molar-refractivity contribution in [2.75, 3.05) is 17.2 Å². The number of hydrogen-bond acceptors (Lipinski definition) is 6. The molecule has 6 nitrogen and oxygen atoms in total. The van der Waals surface area contributed by atoms with Crippen LogP contribution in [-0.2, 0) is 0 Å². The van der Waals surface area contributed by atoms with Crippen LogP contribution in [0.5, 0.6) is 0 Å². The molecule has 0 fully saturated rings. The lowest BCUT2D eigenvalue weighted by atomic mass is 10.1. The quantitative estimate of drug-likeness (QED) is 0.570. The first-order valence-corrected chi connectivity index (χ1v) is 8.86. The maximum atomic E-state index is 14.0. The Labute approximate surface area is 161 Å². The van der Waals surface area contributed by atoms with Crippen LogP contribution in [0.3, 0.4) is 0 Å². The van der Waals surface area contributed by atoms with Crippen molar-refractivity contribution in [3.63, 3.8) is 0 Å². The highest BCUT2D eigenvalue weighted by atomic mass is 19.2. The summed E-state index contributed by atoms with van der Waals surface area (Å²) in [6, 6.07) is 8.82. The van der Waals surface area contributed by atoms with Gasteiger partial charge in [0.05, 0.1) is 24.0 Å². The Morgan fingerprint density at radius 3 is 2.50 bits per heavy atom. The number of rotatable bonds is 7. The summed E-state index contributed by atoms with van der Waals surface area (Å²) in [5, 5.41) is 15.5. The number of halogens is 2. The van der Waals surface area contributed by atoms with Crippen molar-refractivity contribution >= 4 is 17.5 Å². The standard InChI is InChI=1S/C20H21F2N5O/c1-12(2)17(11-28)26-20-25-16(13-6-8-23-9-7-13)10-18(27-20)24-15-5-3-4-14(21)19(15)22/h3-10,12,17,28H,11H2,1-2H3,(H2,24,25,26,27)/t17-/m1/s1. The van der Waals surface area contributed by atoms with Crippen LogP contribution in [-0.4, -0.2) is 32.7 Å². The van der Waals surface area contributed by atoms with Gasteiger partial charge in [0.15, 0.2) is 11.6 Å². The second kappa shape index (κ2) is 8.71. The maximum Gasteiger partial charge on any atom is 0.225 e. The number of anilines is 3. The van der Waals surface area contributed by atoms with Gasteiger partial charge in [-0.1, -0.05) is 19.9 Å². The number of hydrogen-bond donors (Lipinski definition) is 3. The molecule has 3 N–H and O–H groups in total. The van der Waals surface area contributed by atoms with Gasteiger partial charge in [0.25, 0.3) is 0 Å². The molecular formula is C20H21F2N5O. The Kier molecular flexibility index (Phi) is 6.10. The molecule has 8 heteroatoms. The van der Waals surface area contributed by atoms with Crippen LogP contribution >= 0.6 is 0 Å². The van der Waals surface area contributed by atoms with Gasteiger partial charge in [0.1, 0.15) is 5.82 Å². The summed E-state index contributed by atoms with van der Waals surface area (Å²) in [5.41, 5.74) is 1.32. The molecule has 28 heavy (non-hydrogen) atoms. The number of aliphatic hydroxyl groups excluding tert-OH is 1. The SMILES string of the molecule is CC(C)[C@@H](CO)Nc1nc(Nc2cccc(F)c2F)cc(-c2ccncc2)n1. The van der Waals surface area contributed by atoms with Gasteiger partial charge in [-0.25, -0.2) is 13.8 Å². The monoisotopic (exact) mass is 385 g/mol. The minimum Gasteiger partial charge on any atom is -0.394 e. The van der Waals surface area contributed by atoms with E-state index in [1.807, 2.05) is 13.8 Å². The molecule has 3 rings (SSSR count). The van der Waals surface area contributed by atoms with Gasteiger partial charge >= 0.3 is 0 Å². The molecule has 3 aromatic rings. The van der Waals surface area contributed by atoms with Crippen molar-refractivity contribution in [2.45, 2.75) is 19.9 Å². The molecule has 0 aliphatic heterocycles. The number of nitrogens with one attached hydrogen (secondary N) is 2. The summed E-state index contributed by atoms with van der Waals surface area (Å²) in [5.74, 6) is -1.26. The van der Waals surface area contributed by atoms with E-state index in [0.29, 0.717) is 5.69 Å². The Balaban J connectivity index is 2.00. The predicted octanol–water partition coefficient (Wildman–Crippen LogP) is 3.99. The molecule has 146 valence electrons. The van der Waals surface area contributed by atoms with Crippen molar-refractivity contribution in [2.24, 2.45) is 5.92 Å². The molecule has 0 amide bonds. The average molecular weight is 385 g/mol. The minimum atomic E-state index is -0.989. The van der Waals surface area contributed by atoms with E-state index < -0.39 is 11.6 Å². The van der Waals surface area contributed by atoms with Crippen molar-refractivity contribution in [1.29, 1.82) is 0 Å².